The summed E-state index contributed by atoms with van der Waals surface area (Å²) in [7, 11) is 0. The van der Waals surface area contributed by atoms with Gasteiger partial charge in [-0.25, -0.2) is 10.0 Å². The lowest BCUT2D eigenvalue weighted by atomic mass is 9.80. The third-order valence-corrected chi connectivity index (χ3v) is 4.05. The molecule has 3 rings (SSSR count). The number of hydrazine groups is 2. The number of hydrogen-bond acceptors (Lipinski definition) is 4. The van der Waals surface area contributed by atoms with Crippen molar-refractivity contribution < 1.29 is 0 Å². The highest BCUT2D eigenvalue weighted by Crippen LogP contribution is 2.36. The minimum atomic E-state index is -0.393. The van der Waals surface area contributed by atoms with Crippen molar-refractivity contribution >= 4 is 0 Å². The van der Waals surface area contributed by atoms with Crippen molar-refractivity contribution in [3.63, 3.8) is 0 Å². The summed E-state index contributed by atoms with van der Waals surface area (Å²) in [4.78, 5) is 0. The van der Waals surface area contributed by atoms with Gasteiger partial charge < -0.3 is 0 Å². The Morgan fingerprint density at radius 3 is 1.75 bits per heavy atom. The number of nitrogens with zero attached hydrogens (tertiary/aromatic N) is 2. The summed E-state index contributed by atoms with van der Waals surface area (Å²) in [5.41, 5.74) is 1.95. The molecule has 4 nitrogen and oxygen atoms in total. The maximum atomic E-state index is 6.39. The van der Waals surface area contributed by atoms with Crippen LogP contribution in [-0.4, -0.2) is 29.7 Å². The lowest BCUT2D eigenvalue weighted by Gasteiger charge is -2.48. The fourth-order valence-corrected chi connectivity index (χ4v) is 3.00. The van der Waals surface area contributed by atoms with Gasteiger partial charge in [-0.1, -0.05) is 60.7 Å². The van der Waals surface area contributed by atoms with Crippen LogP contribution in [0, 0.1) is 0 Å². The first kappa shape index (κ1) is 13.3. The van der Waals surface area contributed by atoms with Gasteiger partial charge in [-0.2, -0.15) is 0 Å². The van der Waals surface area contributed by atoms with Crippen LogP contribution in [0.25, 0.3) is 0 Å². The van der Waals surface area contributed by atoms with Crippen molar-refractivity contribution in [2.24, 2.45) is 11.7 Å². The molecule has 0 saturated carbocycles. The van der Waals surface area contributed by atoms with E-state index in [4.69, 9.17) is 11.7 Å². The van der Waals surface area contributed by atoms with E-state index in [1.165, 1.54) is 11.1 Å². The van der Waals surface area contributed by atoms with Crippen LogP contribution in [0.2, 0.25) is 0 Å². The Labute approximate surface area is 119 Å². The van der Waals surface area contributed by atoms with E-state index in [-0.39, 0.29) is 0 Å². The van der Waals surface area contributed by atoms with E-state index in [1.54, 1.807) is 0 Å². The van der Waals surface area contributed by atoms with E-state index in [1.807, 2.05) is 46.4 Å². The second-order valence-corrected chi connectivity index (χ2v) is 5.26. The first-order valence-electron chi connectivity index (χ1n) is 6.86. The van der Waals surface area contributed by atoms with Crippen molar-refractivity contribution in [2.45, 2.75) is 5.54 Å². The highest BCUT2D eigenvalue weighted by atomic mass is 15.5. The van der Waals surface area contributed by atoms with Crippen LogP contribution < -0.4 is 11.7 Å². The lowest BCUT2D eigenvalue weighted by Crippen LogP contribution is -2.64. The summed E-state index contributed by atoms with van der Waals surface area (Å²) in [6.45, 7) is 2.19. The van der Waals surface area contributed by atoms with E-state index in [0.717, 1.165) is 13.1 Å². The summed E-state index contributed by atoms with van der Waals surface area (Å²) >= 11 is 0. The lowest BCUT2D eigenvalue weighted by molar-refractivity contribution is 0.0185. The van der Waals surface area contributed by atoms with Gasteiger partial charge in [-0.15, -0.1) is 0 Å². The number of rotatable bonds is 2. The Balaban J connectivity index is 2.17. The van der Waals surface area contributed by atoms with E-state index in [2.05, 4.69) is 24.3 Å². The monoisotopic (exact) mass is 268 g/mol. The van der Waals surface area contributed by atoms with Gasteiger partial charge in [0, 0.05) is 19.6 Å². The molecule has 2 aromatic carbocycles. The molecule has 4 heteroatoms. The second-order valence-electron chi connectivity index (χ2n) is 5.26. The highest BCUT2D eigenvalue weighted by Gasteiger charge is 2.42. The van der Waals surface area contributed by atoms with Gasteiger partial charge in [0.1, 0.15) is 0 Å². The Kier molecular flexibility index (Phi) is 3.54. The van der Waals surface area contributed by atoms with Crippen LogP contribution in [-0.2, 0) is 5.54 Å². The van der Waals surface area contributed by atoms with Crippen molar-refractivity contribution in [1.82, 2.24) is 10.0 Å². The van der Waals surface area contributed by atoms with Crippen LogP contribution in [0.15, 0.2) is 60.7 Å². The van der Waals surface area contributed by atoms with Crippen LogP contribution in [0.3, 0.4) is 0 Å². The Bertz CT molecular complexity index is 516. The minimum Gasteiger partial charge on any atom is -0.269 e. The molecule has 0 bridgehead atoms. The van der Waals surface area contributed by atoms with Crippen molar-refractivity contribution in [3.05, 3.63) is 71.8 Å². The summed E-state index contributed by atoms with van der Waals surface area (Å²) in [5, 5.41) is 3.77. The molecule has 4 N–H and O–H groups in total. The Hall–Kier alpha value is -1.72. The van der Waals surface area contributed by atoms with Crippen LogP contribution in [0.1, 0.15) is 11.1 Å². The van der Waals surface area contributed by atoms with Gasteiger partial charge in [0.15, 0.2) is 0 Å². The van der Waals surface area contributed by atoms with Crippen molar-refractivity contribution in [3.8, 4) is 0 Å². The quantitative estimate of drug-likeness (QED) is 0.806. The zero-order chi connectivity index (χ0) is 14.0. The van der Waals surface area contributed by atoms with Crippen molar-refractivity contribution in [1.29, 1.82) is 0 Å². The van der Waals surface area contributed by atoms with Crippen LogP contribution in [0.5, 0.6) is 0 Å². The maximum absolute atomic E-state index is 6.39. The molecule has 2 aromatic rings. The third-order valence-electron chi connectivity index (χ3n) is 4.05. The SMILES string of the molecule is NN1CCN(N)C(c2ccccc2)(c2ccccc2)C1. The van der Waals surface area contributed by atoms with Gasteiger partial charge in [0.2, 0.25) is 0 Å². The number of piperazine rings is 1. The van der Waals surface area contributed by atoms with Gasteiger partial charge in [-0.3, -0.25) is 11.7 Å². The number of benzene rings is 2. The molecule has 0 aliphatic carbocycles. The van der Waals surface area contributed by atoms with Crippen LogP contribution >= 0.6 is 0 Å². The van der Waals surface area contributed by atoms with Gasteiger partial charge in [0.25, 0.3) is 0 Å². The molecule has 20 heavy (non-hydrogen) atoms. The van der Waals surface area contributed by atoms with Gasteiger partial charge >= 0.3 is 0 Å². The van der Waals surface area contributed by atoms with E-state index < -0.39 is 5.54 Å². The average molecular weight is 268 g/mol. The van der Waals surface area contributed by atoms with E-state index in [0.29, 0.717) is 6.54 Å². The third kappa shape index (κ3) is 2.13. The molecule has 0 aromatic heterocycles. The van der Waals surface area contributed by atoms with Crippen LogP contribution in [0.4, 0.5) is 0 Å². The summed E-state index contributed by atoms with van der Waals surface area (Å²) in [6, 6.07) is 20.7. The van der Waals surface area contributed by atoms with E-state index in [9.17, 15) is 0 Å². The Morgan fingerprint density at radius 1 is 0.750 bits per heavy atom. The van der Waals surface area contributed by atoms with E-state index >= 15 is 0 Å². The molecule has 0 unspecified atom stereocenters. The fourth-order valence-electron chi connectivity index (χ4n) is 3.00. The maximum Gasteiger partial charge on any atom is 0.0990 e. The van der Waals surface area contributed by atoms with Gasteiger partial charge in [0.05, 0.1) is 5.54 Å². The predicted molar refractivity (Wildman–Crippen MR) is 80.3 cm³/mol. The van der Waals surface area contributed by atoms with Gasteiger partial charge in [-0.05, 0) is 11.1 Å². The second kappa shape index (κ2) is 5.34. The number of hydrogen-bond donors (Lipinski definition) is 2. The molecule has 1 fully saturated rings. The fraction of sp³-hybridized carbons (Fsp3) is 0.250. The normalized spacial score (nSPS) is 19.9. The zero-order valence-electron chi connectivity index (χ0n) is 11.4. The predicted octanol–water partition coefficient (Wildman–Crippen LogP) is 1.30. The first-order chi connectivity index (χ1) is 9.73. The molecule has 1 saturated heterocycles. The Morgan fingerprint density at radius 2 is 1.25 bits per heavy atom. The topological polar surface area (TPSA) is 58.5 Å². The number of nitrogens with two attached hydrogens (primary N) is 2. The minimum absolute atomic E-state index is 0.393. The smallest absolute Gasteiger partial charge is 0.0990 e. The molecular weight excluding hydrogens is 248 g/mol. The zero-order valence-corrected chi connectivity index (χ0v) is 11.4. The molecule has 0 atom stereocenters. The summed E-state index contributed by atoms with van der Waals surface area (Å²) in [6.07, 6.45) is 0. The summed E-state index contributed by atoms with van der Waals surface area (Å²) in [5.74, 6) is 12.5. The highest BCUT2D eigenvalue weighted by molar-refractivity contribution is 5.39. The summed E-state index contributed by atoms with van der Waals surface area (Å²) < 4.78 is 0. The molecule has 0 radical (unpaired) electrons. The molecule has 0 spiro atoms. The average Bonchev–Trinajstić information content (AvgIpc) is 2.51. The molecule has 1 heterocycles. The van der Waals surface area contributed by atoms with Crippen molar-refractivity contribution in [2.75, 3.05) is 19.6 Å². The molecule has 1 aliphatic heterocycles. The molecule has 104 valence electrons. The standard InChI is InChI=1S/C16H20N4/c17-19-11-12-20(18)16(13-19,14-7-3-1-4-8-14)15-9-5-2-6-10-15/h1-10H,11-13,17-18H2. The molecule has 0 amide bonds. The largest absolute Gasteiger partial charge is 0.269 e. The molecule has 1 aliphatic rings. The molecular formula is C16H20N4. The first-order valence-corrected chi connectivity index (χ1v) is 6.86.